The van der Waals surface area contributed by atoms with Gasteiger partial charge in [0.05, 0.1) is 30.5 Å². The van der Waals surface area contributed by atoms with Gasteiger partial charge in [0, 0.05) is 42.9 Å². The van der Waals surface area contributed by atoms with Crippen LogP contribution in [0.5, 0.6) is 5.88 Å². The van der Waals surface area contributed by atoms with Gasteiger partial charge in [0.2, 0.25) is 11.8 Å². The van der Waals surface area contributed by atoms with Crippen LogP contribution in [-0.2, 0) is 17.8 Å². The van der Waals surface area contributed by atoms with E-state index in [4.69, 9.17) is 9.84 Å². The van der Waals surface area contributed by atoms with Gasteiger partial charge >= 0.3 is 0 Å². The molecule has 0 saturated carbocycles. The second kappa shape index (κ2) is 9.51. The molecule has 0 spiro atoms. The van der Waals surface area contributed by atoms with E-state index in [0.717, 1.165) is 6.92 Å². The molecule has 2 aromatic rings. The van der Waals surface area contributed by atoms with Crippen LogP contribution in [0.3, 0.4) is 0 Å². The lowest BCUT2D eigenvalue weighted by Crippen LogP contribution is -2.29. The molecular formula is C21H25F2N5O4. The Kier molecular flexibility index (Phi) is 6.97. The van der Waals surface area contributed by atoms with Crippen LogP contribution < -0.4 is 10.1 Å². The number of alkyl halides is 2. The lowest BCUT2D eigenvalue weighted by Gasteiger charge is -2.24. The number of pyridine rings is 1. The number of carbonyl (C=O) groups excluding carboxylic acids is 2. The third-order valence-electron chi connectivity index (χ3n) is 5.04. The van der Waals surface area contributed by atoms with Gasteiger partial charge < -0.3 is 20.1 Å². The minimum Gasteiger partial charge on any atom is -0.470 e. The summed E-state index contributed by atoms with van der Waals surface area (Å²) in [5.41, 5.74) is 2.63. The molecule has 11 heteroatoms. The van der Waals surface area contributed by atoms with Crippen molar-refractivity contribution in [1.29, 1.82) is 0 Å². The van der Waals surface area contributed by atoms with E-state index in [1.807, 2.05) is 0 Å². The van der Waals surface area contributed by atoms with E-state index in [9.17, 15) is 18.4 Å². The maximum absolute atomic E-state index is 13.0. The first-order valence-electron chi connectivity index (χ1n) is 10.1. The fourth-order valence-corrected chi connectivity index (χ4v) is 3.38. The summed E-state index contributed by atoms with van der Waals surface area (Å²) in [6.07, 6.45) is 1.48. The third kappa shape index (κ3) is 5.34. The Hall–Kier alpha value is -3.21. The molecule has 2 aromatic heterocycles. The van der Waals surface area contributed by atoms with Crippen LogP contribution in [0.1, 0.15) is 52.8 Å². The Balaban J connectivity index is 1.76. The van der Waals surface area contributed by atoms with Crippen molar-refractivity contribution in [1.82, 2.24) is 25.4 Å². The summed E-state index contributed by atoms with van der Waals surface area (Å²) in [5.74, 6) is -3.50. The fraction of sp³-hybridized carbons (Fsp3) is 0.476. The molecule has 0 aliphatic carbocycles. The van der Waals surface area contributed by atoms with Gasteiger partial charge in [-0.3, -0.25) is 14.6 Å². The van der Waals surface area contributed by atoms with Crippen LogP contribution >= 0.6 is 0 Å². The number of aliphatic hydroxyl groups is 1. The molecule has 2 amide bonds. The molecule has 3 rings (SSSR count). The largest absolute Gasteiger partial charge is 0.470 e. The summed E-state index contributed by atoms with van der Waals surface area (Å²) in [7, 11) is 0. The van der Waals surface area contributed by atoms with Crippen molar-refractivity contribution in [3.05, 3.63) is 46.4 Å². The fourth-order valence-electron chi connectivity index (χ4n) is 3.38. The molecule has 1 atom stereocenters. The first kappa shape index (κ1) is 23.5. The zero-order chi connectivity index (χ0) is 23.5. The predicted molar refractivity (Wildman–Crippen MR) is 109 cm³/mol. The topological polar surface area (TPSA) is 118 Å². The number of hydrogen-bond acceptors (Lipinski definition) is 7. The van der Waals surface area contributed by atoms with E-state index < -0.39 is 18.6 Å². The van der Waals surface area contributed by atoms with Crippen molar-refractivity contribution < 1.29 is 28.2 Å². The molecule has 0 bridgehead atoms. The Morgan fingerprint density at radius 1 is 1.41 bits per heavy atom. The highest BCUT2D eigenvalue weighted by atomic mass is 19.3. The standard InChI is InChI=1S/C21H25F2N5O4/c1-12-8-16(26-27-19(12)32-11-21(3,22)23)13(2)28-10-15-14(20(28)31)4-5-24-17(15)9-18(30)25-6-7-29/h4-5,8,13,29H,6-7,9-11H2,1-3H3,(H,25,30). The van der Waals surface area contributed by atoms with E-state index in [0.29, 0.717) is 28.1 Å². The van der Waals surface area contributed by atoms with E-state index in [1.165, 1.54) is 6.20 Å². The maximum atomic E-state index is 13.0. The Bertz CT molecular complexity index is 1010. The Morgan fingerprint density at radius 2 is 2.16 bits per heavy atom. The minimum atomic E-state index is -2.99. The van der Waals surface area contributed by atoms with Gasteiger partial charge in [-0.15, -0.1) is 10.2 Å². The van der Waals surface area contributed by atoms with Crippen LogP contribution in [-0.4, -0.2) is 62.7 Å². The number of nitrogens with zero attached hydrogens (tertiary/aromatic N) is 4. The quantitative estimate of drug-likeness (QED) is 0.597. The Labute approximate surface area is 183 Å². The van der Waals surface area contributed by atoms with Gasteiger partial charge in [-0.05, 0) is 26.0 Å². The summed E-state index contributed by atoms with van der Waals surface area (Å²) in [5, 5.41) is 19.4. The van der Waals surface area contributed by atoms with Crippen molar-refractivity contribution >= 4 is 11.8 Å². The average Bonchev–Trinajstić information content (AvgIpc) is 3.08. The lowest BCUT2D eigenvalue weighted by molar-refractivity contribution is -0.120. The van der Waals surface area contributed by atoms with Gasteiger partial charge in [-0.25, -0.2) is 8.78 Å². The molecule has 172 valence electrons. The third-order valence-corrected chi connectivity index (χ3v) is 5.04. The normalized spacial score (nSPS) is 14.3. The first-order chi connectivity index (χ1) is 15.1. The molecule has 0 fully saturated rings. The van der Waals surface area contributed by atoms with Crippen molar-refractivity contribution in [2.24, 2.45) is 0 Å². The molecule has 1 unspecified atom stereocenters. The number of nitrogens with one attached hydrogen (secondary N) is 1. The van der Waals surface area contributed by atoms with Crippen LogP contribution in [0.2, 0.25) is 0 Å². The molecule has 2 N–H and O–H groups in total. The van der Waals surface area contributed by atoms with Crippen molar-refractivity contribution in [2.75, 3.05) is 19.8 Å². The summed E-state index contributed by atoms with van der Waals surface area (Å²) in [4.78, 5) is 30.9. The average molecular weight is 449 g/mol. The number of fused-ring (bicyclic) bond motifs is 1. The zero-order valence-electron chi connectivity index (χ0n) is 18.1. The molecule has 32 heavy (non-hydrogen) atoms. The highest BCUT2D eigenvalue weighted by Crippen LogP contribution is 2.32. The molecule has 0 aromatic carbocycles. The molecule has 0 radical (unpaired) electrons. The second-order valence-corrected chi connectivity index (χ2v) is 7.76. The summed E-state index contributed by atoms with van der Waals surface area (Å²) in [6, 6.07) is 2.80. The molecular weight excluding hydrogens is 424 g/mol. The number of carbonyl (C=O) groups is 2. The molecule has 1 aliphatic heterocycles. The monoisotopic (exact) mass is 449 g/mol. The van der Waals surface area contributed by atoms with E-state index >= 15 is 0 Å². The van der Waals surface area contributed by atoms with Crippen molar-refractivity contribution in [3.8, 4) is 5.88 Å². The highest BCUT2D eigenvalue weighted by Gasteiger charge is 2.34. The molecule has 9 nitrogen and oxygen atoms in total. The summed E-state index contributed by atoms with van der Waals surface area (Å²) < 4.78 is 31.1. The Morgan fingerprint density at radius 3 is 2.81 bits per heavy atom. The lowest BCUT2D eigenvalue weighted by atomic mass is 10.1. The van der Waals surface area contributed by atoms with Crippen LogP contribution in [0.4, 0.5) is 8.78 Å². The van der Waals surface area contributed by atoms with Gasteiger partial charge in [-0.1, -0.05) is 0 Å². The number of ether oxygens (including phenoxy) is 1. The maximum Gasteiger partial charge on any atom is 0.278 e. The highest BCUT2D eigenvalue weighted by molar-refractivity contribution is 5.99. The number of amides is 2. The van der Waals surface area contributed by atoms with Gasteiger partial charge in [0.15, 0.2) is 6.61 Å². The molecule has 3 heterocycles. The SMILES string of the molecule is Cc1cc(C(C)N2Cc3c(ccnc3CC(=O)NCCO)C2=O)nnc1OCC(C)(F)F. The van der Waals surface area contributed by atoms with Crippen LogP contribution in [0.25, 0.3) is 0 Å². The first-order valence-corrected chi connectivity index (χ1v) is 10.1. The smallest absolute Gasteiger partial charge is 0.278 e. The number of aromatic nitrogens is 3. The van der Waals surface area contributed by atoms with Crippen molar-refractivity contribution in [2.45, 2.75) is 45.7 Å². The number of aryl methyl sites for hydroxylation is 1. The molecule has 0 saturated heterocycles. The number of aliphatic hydroxyl groups excluding tert-OH is 1. The number of rotatable bonds is 9. The minimum absolute atomic E-state index is 0.00825. The van der Waals surface area contributed by atoms with Crippen LogP contribution in [0, 0.1) is 6.92 Å². The summed E-state index contributed by atoms with van der Waals surface area (Å²) >= 11 is 0. The van der Waals surface area contributed by atoms with E-state index in [2.05, 4.69) is 20.5 Å². The predicted octanol–water partition coefficient (Wildman–Crippen LogP) is 1.58. The second-order valence-electron chi connectivity index (χ2n) is 7.76. The van der Waals surface area contributed by atoms with Gasteiger partial charge in [0.1, 0.15) is 0 Å². The zero-order valence-corrected chi connectivity index (χ0v) is 18.1. The number of hydrogen-bond donors (Lipinski definition) is 2. The van der Waals surface area contributed by atoms with E-state index in [-0.39, 0.29) is 43.8 Å². The molecule has 1 aliphatic rings. The van der Waals surface area contributed by atoms with Gasteiger partial charge in [0.25, 0.3) is 11.8 Å². The summed E-state index contributed by atoms with van der Waals surface area (Å²) in [6.45, 7) is 3.62. The van der Waals surface area contributed by atoms with Crippen molar-refractivity contribution in [3.63, 3.8) is 0 Å². The van der Waals surface area contributed by atoms with E-state index in [1.54, 1.807) is 30.9 Å². The van der Waals surface area contributed by atoms with Gasteiger partial charge in [-0.2, -0.15) is 0 Å². The van der Waals surface area contributed by atoms with Crippen LogP contribution in [0.15, 0.2) is 18.3 Å². The number of halogens is 2.